The van der Waals surface area contributed by atoms with Crippen molar-refractivity contribution < 1.29 is 9.53 Å². The van der Waals surface area contributed by atoms with Crippen molar-refractivity contribution in [2.24, 2.45) is 0 Å². The number of aryl methyl sites for hydroxylation is 1. The van der Waals surface area contributed by atoms with E-state index in [0.717, 1.165) is 55.9 Å². The summed E-state index contributed by atoms with van der Waals surface area (Å²) in [5, 5.41) is 3.31. The lowest BCUT2D eigenvalue weighted by Crippen LogP contribution is -2.48. The molecule has 0 saturated carbocycles. The largest absolute Gasteiger partial charge is 0.496 e. The summed E-state index contributed by atoms with van der Waals surface area (Å²) in [6, 6.07) is 18.2. The molecule has 0 radical (unpaired) electrons. The lowest BCUT2D eigenvalue weighted by atomic mass is 9.90. The highest BCUT2D eigenvalue weighted by Crippen LogP contribution is 2.27. The minimum atomic E-state index is -0.107. The van der Waals surface area contributed by atoms with Crippen molar-refractivity contribution in [3.63, 3.8) is 0 Å². The molecule has 4 nitrogen and oxygen atoms in total. The Hall–Kier alpha value is -2.33. The van der Waals surface area contributed by atoms with Crippen molar-refractivity contribution in [2.45, 2.75) is 18.8 Å². The molecule has 1 heterocycles. The summed E-state index contributed by atoms with van der Waals surface area (Å²) < 4.78 is 5.46. The van der Waals surface area contributed by atoms with Crippen molar-refractivity contribution in [3.05, 3.63) is 65.7 Å². The molecule has 1 unspecified atom stereocenters. The number of para-hydroxylation sites is 1. The predicted octanol–water partition coefficient (Wildman–Crippen LogP) is 2.84. The molecule has 1 aliphatic heterocycles. The van der Waals surface area contributed by atoms with Gasteiger partial charge in [0, 0.05) is 26.2 Å². The lowest BCUT2D eigenvalue weighted by molar-refractivity contribution is -0.133. The van der Waals surface area contributed by atoms with Gasteiger partial charge in [-0.1, -0.05) is 48.5 Å². The molecule has 1 amide bonds. The molecular weight excluding hydrogens is 312 g/mol. The SMILES string of the molecule is COc1ccccc1CCC(C(=O)N1CCNCC1)c1ccccc1. The van der Waals surface area contributed by atoms with E-state index < -0.39 is 0 Å². The smallest absolute Gasteiger partial charge is 0.230 e. The Kier molecular flexibility index (Phi) is 6.07. The molecule has 1 aliphatic rings. The summed E-state index contributed by atoms with van der Waals surface area (Å²) in [6.45, 7) is 3.33. The second-order valence-corrected chi connectivity index (χ2v) is 6.39. The normalized spacial score (nSPS) is 15.6. The molecule has 1 atom stereocenters. The van der Waals surface area contributed by atoms with Crippen LogP contribution in [0.3, 0.4) is 0 Å². The van der Waals surface area contributed by atoms with Gasteiger partial charge in [-0.3, -0.25) is 4.79 Å². The summed E-state index contributed by atoms with van der Waals surface area (Å²) in [4.78, 5) is 15.1. The van der Waals surface area contributed by atoms with E-state index in [4.69, 9.17) is 4.74 Å². The minimum absolute atomic E-state index is 0.107. The highest BCUT2D eigenvalue weighted by atomic mass is 16.5. The quantitative estimate of drug-likeness (QED) is 0.881. The van der Waals surface area contributed by atoms with E-state index in [1.807, 2.05) is 41.3 Å². The van der Waals surface area contributed by atoms with E-state index in [9.17, 15) is 4.79 Å². The van der Waals surface area contributed by atoms with Crippen molar-refractivity contribution in [1.29, 1.82) is 0 Å². The lowest BCUT2D eigenvalue weighted by Gasteiger charge is -2.31. The summed E-state index contributed by atoms with van der Waals surface area (Å²) in [6.07, 6.45) is 1.61. The van der Waals surface area contributed by atoms with Crippen LogP contribution in [0.5, 0.6) is 5.75 Å². The third-order valence-corrected chi connectivity index (χ3v) is 4.82. The molecule has 1 N–H and O–H groups in total. The van der Waals surface area contributed by atoms with E-state index in [2.05, 4.69) is 23.5 Å². The van der Waals surface area contributed by atoms with Crippen LogP contribution in [0.25, 0.3) is 0 Å². The Balaban J connectivity index is 1.78. The zero-order valence-electron chi connectivity index (χ0n) is 14.8. The first-order chi connectivity index (χ1) is 12.3. The maximum Gasteiger partial charge on any atom is 0.230 e. The summed E-state index contributed by atoms with van der Waals surface area (Å²) in [7, 11) is 1.69. The van der Waals surface area contributed by atoms with Crippen molar-refractivity contribution in [1.82, 2.24) is 10.2 Å². The van der Waals surface area contributed by atoms with Gasteiger partial charge in [-0.15, -0.1) is 0 Å². The summed E-state index contributed by atoms with van der Waals surface area (Å²) >= 11 is 0. The van der Waals surface area contributed by atoms with E-state index in [1.165, 1.54) is 0 Å². The molecule has 4 heteroatoms. The number of nitrogens with one attached hydrogen (secondary N) is 1. The van der Waals surface area contributed by atoms with E-state index in [1.54, 1.807) is 7.11 Å². The highest BCUT2D eigenvalue weighted by molar-refractivity contribution is 5.84. The van der Waals surface area contributed by atoms with Crippen LogP contribution >= 0.6 is 0 Å². The van der Waals surface area contributed by atoms with Gasteiger partial charge in [-0.05, 0) is 30.0 Å². The number of methoxy groups -OCH3 is 1. The van der Waals surface area contributed by atoms with Gasteiger partial charge in [0.1, 0.15) is 5.75 Å². The number of carbonyl (C=O) groups excluding carboxylic acids is 1. The number of hydrogen-bond donors (Lipinski definition) is 1. The number of rotatable bonds is 6. The summed E-state index contributed by atoms with van der Waals surface area (Å²) in [5.41, 5.74) is 2.25. The predicted molar refractivity (Wildman–Crippen MR) is 99.9 cm³/mol. The number of piperazine rings is 1. The van der Waals surface area contributed by atoms with Gasteiger partial charge in [0.25, 0.3) is 0 Å². The monoisotopic (exact) mass is 338 g/mol. The Bertz CT molecular complexity index is 681. The van der Waals surface area contributed by atoms with Crippen molar-refractivity contribution in [3.8, 4) is 5.75 Å². The molecule has 2 aromatic rings. The molecule has 1 saturated heterocycles. The number of benzene rings is 2. The fourth-order valence-electron chi connectivity index (χ4n) is 3.43. The molecular formula is C21H26N2O2. The van der Waals surface area contributed by atoms with Gasteiger partial charge in [0.2, 0.25) is 5.91 Å². The fraction of sp³-hybridized carbons (Fsp3) is 0.381. The molecule has 0 spiro atoms. The van der Waals surface area contributed by atoms with Gasteiger partial charge in [0.15, 0.2) is 0 Å². The third kappa shape index (κ3) is 4.40. The van der Waals surface area contributed by atoms with Crippen LogP contribution in [0.15, 0.2) is 54.6 Å². The van der Waals surface area contributed by atoms with Crippen LogP contribution < -0.4 is 10.1 Å². The zero-order chi connectivity index (χ0) is 17.5. The van der Waals surface area contributed by atoms with Crippen molar-refractivity contribution >= 4 is 5.91 Å². The van der Waals surface area contributed by atoms with Gasteiger partial charge in [-0.25, -0.2) is 0 Å². The second kappa shape index (κ2) is 8.67. The maximum absolute atomic E-state index is 13.1. The van der Waals surface area contributed by atoms with Crippen LogP contribution in [0.4, 0.5) is 0 Å². The molecule has 0 aliphatic carbocycles. The van der Waals surface area contributed by atoms with E-state index in [-0.39, 0.29) is 11.8 Å². The Morgan fingerprint density at radius 1 is 1.08 bits per heavy atom. The third-order valence-electron chi connectivity index (χ3n) is 4.82. The van der Waals surface area contributed by atoms with Crippen LogP contribution in [-0.2, 0) is 11.2 Å². The number of amides is 1. The number of ether oxygens (including phenoxy) is 1. The fourth-order valence-corrected chi connectivity index (χ4v) is 3.43. The molecule has 25 heavy (non-hydrogen) atoms. The van der Waals surface area contributed by atoms with Crippen molar-refractivity contribution in [2.75, 3.05) is 33.3 Å². The Morgan fingerprint density at radius 2 is 1.76 bits per heavy atom. The van der Waals surface area contributed by atoms with E-state index >= 15 is 0 Å². The number of carbonyl (C=O) groups is 1. The molecule has 132 valence electrons. The van der Waals surface area contributed by atoms with E-state index in [0.29, 0.717) is 0 Å². The number of nitrogens with zero attached hydrogens (tertiary/aromatic N) is 1. The number of hydrogen-bond acceptors (Lipinski definition) is 3. The first-order valence-electron chi connectivity index (χ1n) is 8.96. The second-order valence-electron chi connectivity index (χ2n) is 6.39. The van der Waals surface area contributed by atoms with Crippen LogP contribution in [-0.4, -0.2) is 44.1 Å². The maximum atomic E-state index is 13.1. The van der Waals surface area contributed by atoms with Gasteiger partial charge in [0.05, 0.1) is 13.0 Å². The molecule has 3 rings (SSSR count). The first kappa shape index (κ1) is 17.5. The molecule has 0 bridgehead atoms. The highest BCUT2D eigenvalue weighted by Gasteiger charge is 2.26. The average Bonchev–Trinajstić information content (AvgIpc) is 2.70. The standard InChI is InChI=1S/C21H26N2O2/c1-25-20-10-6-5-9-18(20)11-12-19(17-7-3-2-4-8-17)21(24)23-15-13-22-14-16-23/h2-10,19,22H,11-16H2,1H3. The summed E-state index contributed by atoms with van der Waals surface area (Å²) in [5.74, 6) is 1.02. The molecule has 0 aromatic heterocycles. The van der Waals surface area contributed by atoms with Gasteiger partial charge in [-0.2, -0.15) is 0 Å². The van der Waals surface area contributed by atoms with Crippen LogP contribution in [0.1, 0.15) is 23.5 Å². The van der Waals surface area contributed by atoms with Crippen LogP contribution in [0.2, 0.25) is 0 Å². The zero-order valence-corrected chi connectivity index (χ0v) is 14.8. The molecule has 2 aromatic carbocycles. The topological polar surface area (TPSA) is 41.6 Å². The Morgan fingerprint density at radius 3 is 2.48 bits per heavy atom. The van der Waals surface area contributed by atoms with Gasteiger partial charge >= 0.3 is 0 Å². The minimum Gasteiger partial charge on any atom is -0.496 e. The first-order valence-corrected chi connectivity index (χ1v) is 8.96. The Labute approximate surface area is 149 Å². The molecule has 1 fully saturated rings. The van der Waals surface area contributed by atoms with Gasteiger partial charge < -0.3 is 15.0 Å². The van der Waals surface area contributed by atoms with Crippen LogP contribution in [0, 0.1) is 0 Å². The average molecular weight is 338 g/mol.